The standard InChI is InChI=1S/C16H25N3O2/c1-12-3-4-14(11-13(12)2)18-16(21)17-7-10-19-8-5-15(20)6-9-19/h3-4,11,15,20H,5-10H2,1-2H3,(H2,17,18,21). The van der Waals surface area contributed by atoms with E-state index < -0.39 is 0 Å². The third-order valence-corrected chi connectivity index (χ3v) is 4.04. The Balaban J connectivity index is 1.68. The number of likely N-dealkylation sites (tertiary alicyclic amines) is 1. The number of urea groups is 1. The Morgan fingerprint density at radius 1 is 1.29 bits per heavy atom. The first-order valence-corrected chi connectivity index (χ1v) is 7.57. The third-order valence-electron chi connectivity index (χ3n) is 4.04. The number of aryl methyl sites for hydroxylation is 2. The first kappa shape index (κ1) is 15.8. The van der Waals surface area contributed by atoms with Crippen molar-refractivity contribution in [3.63, 3.8) is 0 Å². The van der Waals surface area contributed by atoms with Crippen molar-refractivity contribution in [1.29, 1.82) is 0 Å². The molecule has 0 atom stereocenters. The molecule has 2 rings (SSSR count). The maximum Gasteiger partial charge on any atom is 0.319 e. The van der Waals surface area contributed by atoms with Crippen molar-refractivity contribution in [1.82, 2.24) is 10.2 Å². The maximum absolute atomic E-state index is 11.8. The van der Waals surface area contributed by atoms with Gasteiger partial charge in [0, 0.05) is 31.9 Å². The van der Waals surface area contributed by atoms with E-state index in [9.17, 15) is 9.90 Å². The van der Waals surface area contributed by atoms with Gasteiger partial charge in [0.25, 0.3) is 0 Å². The van der Waals surface area contributed by atoms with Gasteiger partial charge in [-0.25, -0.2) is 4.79 Å². The molecule has 116 valence electrons. The highest BCUT2D eigenvalue weighted by Crippen LogP contribution is 2.13. The lowest BCUT2D eigenvalue weighted by atomic mass is 10.1. The summed E-state index contributed by atoms with van der Waals surface area (Å²) >= 11 is 0. The van der Waals surface area contributed by atoms with Crippen LogP contribution in [0.4, 0.5) is 10.5 Å². The topological polar surface area (TPSA) is 64.6 Å². The molecule has 1 heterocycles. The van der Waals surface area contributed by atoms with E-state index in [4.69, 9.17) is 0 Å². The van der Waals surface area contributed by atoms with Crippen molar-refractivity contribution in [2.24, 2.45) is 0 Å². The molecule has 21 heavy (non-hydrogen) atoms. The van der Waals surface area contributed by atoms with E-state index in [0.29, 0.717) is 6.54 Å². The van der Waals surface area contributed by atoms with Gasteiger partial charge in [0.05, 0.1) is 6.10 Å². The predicted molar refractivity (Wildman–Crippen MR) is 84.6 cm³/mol. The number of benzene rings is 1. The molecule has 1 aromatic rings. The molecule has 3 N–H and O–H groups in total. The summed E-state index contributed by atoms with van der Waals surface area (Å²) in [7, 11) is 0. The van der Waals surface area contributed by atoms with E-state index >= 15 is 0 Å². The van der Waals surface area contributed by atoms with E-state index in [0.717, 1.165) is 38.2 Å². The zero-order valence-corrected chi connectivity index (χ0v) is 12.9. The fourth-order valence-electron chi connectivity index (χ4n) is 2.46. The number of carbonyl (C=O) groups excluding carboxylic acids is 1. The average Bonchev–Trinajstić information content (AvgIpc) is 2.45. The highest BCUT2D eigenvalue weighted by atomic mass is 16.3. The van der Waals surface area contributed by atoms with Crippen LogP contribution in [0.2, 0.25) is 0 Å². The number of nitrogens with zero attached hydrogens (tertiary/aromatic N) is 1. The fraction of sp³-hybridized carbons (Fsp3) is 0.562. The Bertz CT molecular complexity index is 482. The molecule has 1 fully saturated rings. The van der Waals surface area contributed by atoms with Gasteiger partial charge in [0.15, 0.2) is 0 Å². The summed E-state index contributed by atoms with van der Waals surface area (Å²) in [6.45, 7) is 7.33. The minimum atomic E-state index is -0.171. The van der Waals surface area contributed by atoms with Crippen LogP contribution in [0.1, 0.15) is 24.0 Å². The van der Waals surface area contributed by atoms with E-state index in [2.05, 4.69) is 22.5 Å². The van der Waals surface area contributed by atoms with Crippen molar-refractivity contribution in [3.8, 4) is 0 Å². The quantitative estimate of drug-likeness (QED) is 0.793. The number of carbonyl (C=O) groups is 1. The lowest BCUT2D eigenvalue weighted by Gasteiger charge is -2.29. The van der Waals surface area contributed by atoms with Crippen LogP contribution in [0.25, 0.3) is 0 Å². The molecule has 0 saturated carbocycles. The number of hydrogen-bond donors (Lipinski definition) is 3. The number of amides is 2. The molecular formula is C16H25N3O2. The van der Waals surface area contributed by atoms with Crippen molar-refractivity contribution in [3.05, 3.63) is 29.3 Å². The van der Waals surface area contributed by atoms with E-state index in [-0.39, 0.29) is 12.1 Å². The molecule has 1 aliphatic rings. The second-order valence-corrected chi connectivity index (χ2v) is 5.75. The molecule has 0 radical (unpaired) electrons. The summed E-state index contributed by atoms with van der Waals surface area (Å²) in [6, 6.07) is 5.72. The molecule has 1 aromatic carbocycles. The Morgan fingerprint density at radius 3 is 2.67 bits per heavy atom. The van der Waals surface area contributed by atoms with Crippen LogP contribution in [0.15, 0.2) is 18.2 Å². The zero-order chi connectivity index (χ0) is 15.2. The molecule has 0 bridgehead atoms. The molecule has 5 nitrogen and oxygen atoms in total. The third kappa shape index (κ3) is 5.02. The number of aliphatic hydroxyl groups excluding tert-OH is 1. The predicted octanol–water partition coefficient (Wildman–Crippen LogP) is 1.88. The van der Waals surface area contributed by atoms with Gasteiger partial charge in [0.2, 0.25) is 0 Å². The van der Waals surface area contributed by atoms with Crippen molar-refractivity contribution in [2.45, 2.75) is 32.8 Å². The minimum Gasteiger partial charge on any atom is -0.393 e. The van der Waals surface area contributed by atoms with Gasteiger partial charge in [-0.1, -0.05) is 6.07 Å². The molecule has 2 amide bonds. The van der Waals surface area contributed by atoms with Gasteiger partial charge in [-0.05, 0) is 49.9 Å². The van der Waals surface area contributed by atoms with Crippen LogP contribution >= 0.6 is 0 Å². The molecule has 0 aliphatic carbocycles. The number of rotatable bonds is 4. The van der Waals surface area contributed by atoms with Crippen LogP contribution in [-0.4, -0.2) is 48.3 Å². The van der Waals surface area contributed by atoms with Crippen molar-refractivity contribution < 1.29 is 9.90 Å². The first-order valence-electron chi connectivity index (χ1n) is 7.57. The zero-order valence-electron chi connectivity index (χ0n) is 12.9. The lowest BCUT2D eigenvalue weighted by Crippen LogP contribution is -2.41. The maximum atomic E-state index is 11.8. The molecule has 5 heteroatoms. The number of anilines is 1. The van der Waals surface area contributed by atoms with Gasteiger partial charge in [-0.2, -0.15) is 0 Å². The van der Waals surface area contributed by atoms with E-state index in [1.165, 1.54) is 11.1 Å². The Morgan fingerprint density at radius 2 is 2.00 bits per heavy atom. The van der Waals surface area contributed by atoms with Gasteiger partial charge in [-0.15, -0.1) is 0 Å². The molecule has 0 aromatic heterocycles. The second kappa shape index (κ2) is 7.43. The molecular weight excluding hydrogens is 266 g/mol. The highest BCUT2D eigenvalue weighted by Gasteiger charge is 2.16. The number of hydrogen-bond acceptors (Lipinski definition) is 3. The van der Waals surface area contributed by atoms with Crippen molar-refractivity contribution in [2.75, 3.05) is 31.5 Å². The SMILES string of the molecule is Cc1ccc(NC(=O)NCCN2CCC(O)CC2)cc1C. The molecule has 0 spiro atoms. The number of piperidine rings is 1. The monoisotopic (exact) mass is 291 g/mol. The van der Waals surface area contributed by atoms with Crippen LogP contribution in [0.5, 0.6) is 0 Å². The first-order chi connectivity index (χ1) is 10.0. The normalized spacial score (nSPS) is 16.7. The number of aliphatic hydroxyl groups is 1. The second-order valence-electron chi connectivity index (χ2n) is 5.75. The summed E-state index contributed by atoms with van der Waals surface area (Å²) in [5, 5.41) is 15.2. The Kier molecular flexibility index (Phi) is 5.59. The average molecular weight is 291 g/mol. The lowest BCUT2D eigenvalue weighted by molar-refractivity contribution is 0.0833. The van der Waals surface area contributed by atoms with E-state index in [1.807, 2.05) is 25.1 Å². The Labute approximate surface area is 126 Å². The summed E-state index contributed by atoms with van der Waals surface area (Å²) in [4.78, 5) is 14.1. The molecule has 1 saturated heterocycles. The van der Waals surface area contributed by atoms with Gasteiger partial charge in [0.1, 0.15) is 0 Å². The summed E-state index contributed by atoms with van der Waals surface area (Å²) in [5.41, 5.74) is 3.20. The van der Waals surface area contributed by atoms with Crippen LogP contribution < -0.4 is 10.6 Å². The van der Waals surface area contributed by atoms with Crippen LogP contribution in [0, 0.1) is 13.8 Å². The van der Waals surface area contributed by atoms with Crippen LogP contribution in [-0.2, 0) is 0 Å². The minimum absolute atomic E-state index is 0.151. The fourth-order valence-corrected chi connectivity index (χ4v) is 2.46. The van der Waals surface area contributed by atoms with Crippen molar-refractivity contribution >= 4 is 11.7 Å². The van der Waals surface area contributed by atoms with Gasteiger partial charge < -0.3 is 20.6 Å². The molecule has 1 aliphatic heterocycles. The summed E-state index contributed by atoms with van der Waals surface area (Å²) < 4.78 is 0. The number of nitrogens with one attached hydrogen (secondary N) is 2. The molecule has 0 unspecified atom stereocenters. The van der Waals surface area contributed by atoms with Gasteiger partial charge >= 0.3 is 6.03 Å². The summed E-state index contributed by atoms with van der Waals surface area (Å²) in [5.74, 6) is 0. The van der Waals surface area contributed by atoms with E-state index in [1.54, 1.807) is 0 Å². The van der Waals surface area contributed by atoms with Crippen LogP contribution in [0.3, 0.4) is 0 Å². The highest BCUT2D eigenvalue weighted by molar-refractivity contribution is 5.89. The largest absolute Gasteiger partial charge is 0.393 e. The van der Waals surface area contributed by atoms with Gasteiger partial charge in [-0.3, -0.25) is 0 Å². The summed E-state index contributed by atoms with van der Waals surface area (Å²) in [6.07, 6.45) is 1.51. The Hall–Kier alpha value is -1.59. The smallest absolute Gasteiger partial charge is 0.319 e.